The van der Waals surface area contributed by atoms with Gasteiger partial charge in [0.05, 0.1) is 54.5 Å². The molecule has 4 aromatic carbocycles. The van der Waals surface area contributed by atoms with Gasteiger partial charge in [-0.2, -0.15) is 8.42 Å². The maximum absolute atomic E-state index is 12.8. The number of rotatable bonds is 26. The van der Waals surface area contributed by atoms with Gasteiger partial charge in [0.25, 0.3) is 11.4 Å². The molecule has 0 bridgehead atoms. The van der Waals surface area contributed by atoms with Crippen LogP contribution in [0, 0.1) is 32.1 Å². The third kappa shape index (κ3) is 21.8. The quantitative estimate of drug-likeness (QED) is 0.0283. The van der Waals surface area contributed by atoms with Crippen molar-refractivity contribution in [1.29, 1.82) is 0 Å². The summed E-state index contributed by atoms with van der Waals surface area (Å²) in [7, 11) is -4.89. The first-order chi connectivity index (χ1) is 35.3. The van der Waals surface area contributed by atoms with E-state index in [1.807, 2.05) is 79.4 Å². The van der Waals surface area contributed by atoms with Gasteiger partial charge in [-0.15, -0.1) is 0 Å². The molecule has 0 radical (unpaired) electrons. The fourth-order valence-electron chi connectivity index (χ4n) is 8.61. The number of benzene rings is 4. The zero-order valence-corrected chi connectivity index (χ0v) is 43.1. The van der Waals surface area contributed by atoms with Gasteiger partial charge in [0, 0.05) is 76.4 Å². The third-order valence-electron chi connectivity index (χ3n) is 11.9. The summed E-state index contributed by atoms with van der Waals surface area (Å²) in [5, 5.41) is 38.8. The Balaban J connectivity index is 0.000000276. The molecule has 2 saturated heterocycles. The molecule has 4 N–H and O–H groups in total. The fraction of sp³-hybridized carbons (Fsp3) is 0.500. The number of amides is 2. The van der Waals surface area contributed by atoms with Crippen LogP contribution in [0.15, 0.2) is 109 Å². The van der Waals surface area contributed by atoms with Gasteiger partial charge in [0.15, 0.2) is 0 Å². The summed E-state index contributed by atoms with van der Waals surface area (Å²) in [4.78, 5) is 50.5. The molecule has 6 atom stereocenters. The molecule has 2 heterocycles. The summed E-state index contributed by atoms with van der Waals surface area (Å²) in [6, 6.07) is 29.9. The standard InChI is InChI=1S/C26H35N3O9S.C26H35N3O6/c1-19(2)15-28(16-21-8-10-22(11-9-21)29(31)32)17-25(38-39(33,34)35)24(14-20-6-4-3-5-7-20)27-26(30)37-23-12-13-36-18-23;1-19(2)15-28(16-21-8-10-22(11-9-21)29(32)33)17-25(30)24(14-20-6-4-3-5-7-20)27-26(31)35-23-12-13-34-18-23/h3-11,19,23-25H,12-18H2,1-2H3,(H,27,30)(H,33,34,35);3-11,19,23-25,30H,12-18H2,1-2H3,(H,27,31)/t2*23-,24-,25+/m00/s1. The van der Waals surface area contributed by atoms with Crippen molar-refractivity contribution in [1.82, 2.24) is 20.4 Å². The number of non-ortho nitro benzene ring substituents is 2. The minimum absolute atomic E-state index is 0.0132. The number of nitrogens with one attached hydrogen (secondary N) is 2. The molecule has 0 aliphatic carbocycles. The van der Waals surface area contributed by atoms with Crippen molar-refractivity contribution in [3.8, 4) is 0 Å². The van der Waals surface area contributed by atoms with Gasteiger partial charge in [-0.1, -0.05) is 113 Å². The number of nitro benzene ring substituents is 2. The summed E-state index contributed by atoms with van der Waals surface area (Å²) in [6.45, 7) is 12.3. The molecule has 0 unspecified atom stereocenters. The van der Waals surface area contributed by atoms with Crippen molar-refractivity contribution in [3.63, 3.8) is 0 Å². The van der Waals surface area contributed by atoms with Gasteiger partial charge >= 0.3 is 22.6 Å². The molecule has 6 rings (SSSR count). The van der Waals surface area contributed by atoms with Gasteiger partial charge < -0.3 is 34.7 Å². The van der Waals surface area contributed by atoms with Gasteiger partial charge in [-0.25, -0.2) is 13.8 Å². The van der Waals surface area contributed by atoms with Gasteiger partial charge in [0.2, 0.25) is 0 Å². The third-order valence-corrected chi connectivity index (χ3v) is 12.4. The maximum atomic E-state index is 12.8. The number of aliphatic hydroxyl groups excluding tert-OH is 1. The van der Waals surface area contributed by atoms with Gasteiger partial charge in [-0.05, 0) is 46.9 Å². The topological polar surface area (TPSA) is 272 Å². The molecule has 404 valence electrons. The highest BCUT2D eigenvalue weighted by molar-refractivity contribution is 7.80. The Labute approximate surface area is 432 Å². The van der Waals surface area contributed by atoms with Crippen molar-refractivity contribution >= 4 is 34.0 Å². The molecule has 2 aliphatic heterocycles. The summed E-state index contributed by atoms with van der Waals surface area (Å²) >= 11 is 0. The second kappa shape index (κ2) is 29.7. The van der Waals surface area contributed by atoms with Crippen LogP contribution in [0.5, 0.6) is 0 Å². The predicted octanol–water partition coefficient (Wildman–Crippen LogP) is 6.91. The zero-order chi connectivity index (χ0) is 53.6. The van der Waals surface area contributed by atoms with Crippen molar-refractivity contribution in [3.05, 3.63) is 152 Å². The lowest BCUT2D eigenvalue weighted by Crippen LogP contribution is -2.52. The Morgan fingerprint density at radius 3 is 1.42 bits per heavy atom. The second-order valence-corrected chi connectivity index (χ2v) is 20.4. The number of nitrogens with zero attached hydrogens (tertiary/aromatic N) is 4. The second-order valence-electron chi connectivity index (χ2n) is 19.3. The number of carbonyl (C=O) groups is 2. The Bertz CT molecular complexity index is 2440. The van der Waals surface area contributed by atoms with Gasteiger partial charge in [0.1, 0.15) is 18.3 Å². The number of alkyl carbamates (subject to hydrolysis) is 2. The summed E-state index contributed by atoms with van der Waals surface area (Å²) < 4.78 is 60.1. The van der Waals surface area contributed by atoms with Crippen molar-refractivity contribution in [2.45, 2.75) is 103 Å². The average molecular weight is 1050 g/mol. The molecule has 2 amide bonds. The molecule has 4 aromatic rings. The molecule has 2 aliphatic rings. The minimum atomic E-state index is -4.89. The summed E-state index contributed by atoms with van der Waals surface area (Å²) in [6.07, 6.45) is -2.19. The van der Waals surface area contributed by atoms with Gasteiger partial charge in [-0.3, -0.25) is 34.6 Å². The molecule has 74 heavy (non-hydrogen) atoms. The van der Waals surface area contributed by atoms with Crippen molar-refractivity contribution < 1.29 is 60.6 Å². The van der Waals surface area contributed by atoms with Crippen LogP contribution in [-0.4, -0.2) is 139 Å². The SMILES string of the molecule is CC(C)CN(Cc1ccc([N+](=O)[O-])cc1)C[C@@H](O)[C@H](Cc1ccccc1)NC(=O)O[C@H]1CCOC1.CC(C)CN(Cc1ccc([N+](=O)[O-])cc1)C[C@@H](OS(=O)(=O)O)[C@H](Cc1ccccc1)NC(=O)O[C@H]1CCOC1. The largest absolute Gasteiger partial charge is 0.444 e. The monoisotopic (exact) mass is 1050 g/mol. The van der Waals surface area contributed by atoms with E-state index in [2.05, 4.69) is 29.4 Å². The Morgan fingerprint density at radius 2 is 1.04 bits per heavy atom. The Morgan fingerprint density at radius 1 is 0.635 bits per heavy atom. The van der Waals surface area contributed by atoms with E-state index in [-0.39, 0.29) is 43.0 Å². The first-order valence-corrected chi connectivity index (χ1v) is 26.1. The van der Waals surface area contributed by atoms with Crippen LogP contribution >= 0.6 is 0 Å². The van der Waals surface area contributed by atoms with Crippen LogP contribution in [0.4, 0.5) is 21.0 Å². The summed E-state index contributed by atoms with van der Waals surface area (Å²) in [5.41, 5.74) is 3.48. The summed E-state index contributed by atoms with van der Waals surface area (Å²) in [5.74, 6) is 0.510. The fourth-order valence-corrected chi connectivity index (χ4v) is 9.12. The molecule has 21 nitrogen and oxygen atoms in total. The van der Waals surface area contributed by atoms with Crippen LogP contribution in [0.25, 0.3) is 0 Å². The predicted molar refractivity (Wildman–Crippen MR) is 274 cm³/mol. The highest BCUT2D eigenvalue weighted by atomic mass is 32.3. The van der Waals surface area contributed by atoms with E-state index in [0.717, 1.165) is 28.8 Å². The van der Waals surface area contributed by atoms with E-state index in [0.29, 0.717) is 71.2 Å². The molecule has 2 fully saturated rings. The molecule has 22 heteroatoms. The lowest BCUT2D eigenvalue weighted by atomic mass is 10.0. The smallest absolute Gasteiger partial charge is 0.407 e. The number of nitro groups is 2. The lowest BCUT2D eigenvalue weighted by molar-refractivity contribution is -0.385. The van der Waals surface area contributed by atoms with E-state index in [1.165, 1.54) is 24.3 Å². The molecular formula is C52H70N6O15S. The van der Waals surface area contributed by atoms with E-state index < -0.39 is 62.8 Å². The number of aliphatic hydroxyl groups is 1. The maximum Gasteiger partial charge on any atom is 0.407 e. The van der Waals surface area contributed by atoms with Crippen LogP contribution in [0.2, 0.25) is 0 Å². The van der Waals surface area contributed by atoms with Crippen LogP contribution < -0.4 is 10.6 Å². The Hall–Kier alpha value is -6.11. The van der Waals surface area contributed by atoms with E-state index in [9.17, 15) is 47.9 Å². The normalized spacial score (nSPS) is 17.3. The van der Waals surface area contributed by atoms with E-state index >= 15 is 0 Å². The highest BCUT2D eigenvalue weighted by Gasteiger charge is 2.33. The van der Waals surface area contributed by atoms with Crippen LogP contribution in [0.3, 0.4) is 0 Å². The lowest BCUT2D eigenvalue weighted by Gasteiger charge is -2.33. The molecular weight excluding hydrogens is 981 g/mol. The van der Waals surface area contributed by atoms with Crippen molar-refractivity contribution in [2.24, 2.45) is 11.8 Å². The van der Waals surface area contributed by atoms with Crippen LogP contribution in [0.1, 0.15) is 62.8 Å². The van der Waals surface area contributed by atoms with Crippen molar-refractivity contribution in [2.75, 3.05) is 52.6 Å². The Kier molecular flexibility index (Phi) is 23.6. The molecule has 0 aromatic heterocycles. The number of hydrogen-bond acceptors (Lipinski definition) is 16. The molecule has 0 spiro atoms. The first-order valence-electron chi connectivity index (χ1n) is 24.7. The number of carbonyl (C=O) groups excluding carboxylic acids is 2. The molecule has 0 saturated carbocycles. The minimum Gasteiger partial charge on any atom is -0.444 e. The average Bonchev–Trinajstić information content (AvgIpc) is 4.06. The van der Waals surface area contributed by atoms with E-state index in [1.54, 1.807) is 24.3 Å². The number of ether oxygens (including phenoxy) is 4. The van der Waals surface area contributed by atoms with Crippen LogP contribution in [-0.2, 0) is 59.5 Å². The number of hydrogen-bond donors (Lipinski definition) is 4. The zero-order valence-electron chi connectivity index (χ0n) is 42.3. The first kappa shape index (κ1) is 58.8. The van der Waals surface area contributed by atoms with E-state index in [4.69, 9.17) is 23.1 Å². The highest BCUT2D eigenvalue weighted by Crippen LogP contribution is 2.21.